The average molecular weight is 313 g/mol. The number of methoxy groups -OCH3 is 2. The summed E-state index contributed by atoms with van der Waals surface area (Å²) in [5, 5.41) is 7.26. The molecule has 1 N–H and O–H groups in total. The van der Waals surface area contributed by atoms with Gasteiger partial charge in [-0.2, -0.15) is 4.98 Å². The van der Waals surface area contributed by atoms with Crippen molar-refractivity contribution in [2.45, 2.75) is 13.8 Å². The molecule has 1 aromatic heterocycles. The molecule has 0 amide bonds. The van der Waals surface area contributed by atoms with Gasteiger partial charge in [-0.3, -0.25) is 15.0 Å². The molecule has 0 spiro atoms. The second-order valence-electron chi connectivity index (χ2n) is 5.21. The van der Waals surface area contributed by atoms with E-state index in [9.17, 15) is 0 Å². The number of hydrogen-bond acceptors (Lipinski definition) is 6. The van der Waals surface area contributed by atoms with Crippen LogP contribution >= 0.6 is 0 Å². The number of nitrogens with one attached hydrogen (secondary N) is 1. The summed E-state index contributed by atoms with van der Waals surface area (Å²) in [6.45, 7) is 4.52. The van der Waals surface area contributed by atoms with Crippen LogP contribution < -0.4 is 14.4 Å². The molecular formula is C16H19N5O2. The minimum Gasteiger partial charge on any atom is -0.493 e. The molecular weight excluding hydrogens is 294 g/mol. The Morgan fingerprint density at radius 2 is 1.91 bits per heavy atom. The Hall–Kier alpha value is -2.83. The predicted molar refractivity (Wildman–Crippen MR) is 89.1 cm³/mol. The van der Waals surface area contributed by atoms with Crippen LogP contribution in [0.15, 0.2) is 35.0 Å². The van der Waals surface area contributed by atoms with Gasteiger partial charge in [0.25, 0.3) is 5.95 Å². The number of ether oxygens (including phenoxy) is 2. The van der Waals surface area contributed by atoms with Crippen LogP contribution in [-0.2, 0) is 0 Å². The number of anilines is 1. The Labute approximate surface area is 134 Å². The Bertz CT molecular complexity index is 779. The highest BCUT2D eigenvalue weighted by molar-refractivity contribution is 5.94. The molecule has 7 nitrogen and oxygen atoms in total. The highest BCUT2D eigenvalue weighted by Crippen LogP contribution is 2.31. The van der Waals surface area contributed by atoms with Gasteiger partial charge in [0, 0.05) is 17.0 Å². The first kappa shape index (κ1) is 15.1. The van der Waals surface area contributed by atoms with Crippen molar-refractivity contribution in [1.29, 1.82) is 0 Å². The zero-order valence-corrected chi connectivity index (χ0v) is 13.6. The molecule has 2 aromatic rings. The van der Waals surface area contributed by atoms with E-state index in [1.165, 1.54) is 0 Å². The third-order valence-corrected chi connectivity index (χ3v) is 3.68. The smallest absolute Gasteiger partial charge is 0.250 e. The Kier molecular flexibility index (Phi) is 4.01. The molecule has 0 radical (unpaired) electrons. The first-order chi connectivity index (χ1) is 11.1. The minimum atomic E-state index is 0.525. The van der Waals surface area contributed by atoms with E-state index in [4.69, 9.17) is 9.47 Å². The predicted octanol–water partition coefficient (Wildman–Crippen LogP) is 2.63. The Balaban J connectivity index is 1.89. The number of hydrogen-bond donors (Lipinski definition) is 1. The molecule has 1 aromatic carbocycles. The van der Waals surface area contributed by atoms with Crippen LogP contribution in [0.3, 0.4) is 0 Å². The maximum absolute atomic E-state index is 5.33. The van der Waals surface area contributed by atoms with Gasteiger partial charge >= 0.3 is 0 Å². The summed E-state index contributed by atoms with van der Waals surface area (Å²) in [4.78, 5) is 10.9. The summed E-state index contributed by atoms with van der Waals surface area (Å²) in [6, 6.07) is 5.62. The number of benzene rings is 1. The molecule has 120 valence electrons. The van der Waals surface area contributed by atoms with Crippen LogP contribution in [-0.4, -0.2) is 41.8 Å². The molecule has 0 unspecified atom stereocenters. The number of aromatic amines is 1. The van der Waals surface area contributed by atoms with Gasteiger partial charge in [0.05, 0.1) is 14.2 Å². The SMILES string of the molecule is COc1ccc(-c2nc(N3CN=C(C)C=C3C)n[nH]2)cc1OC. The highest BCUT2D eigenvalue weighted by atomic mass is 16.5. The van der Waals surface area contributed by atoms with E-state index in [2.05, 4.69) is 20.2 Å². The fourth-order valence-electron chi connectivity index (χ4n) is 2.43. The number of rotatable bonds is 4. The maximum Gasteiger partial charge on any atom is 0.250 e. The number of allylic oxidation sites excluding steroid dienone is 2. The zero-order chi connectivity index (χ0) is 16.4. The summed E-state index contributed by atoms with van der Waals surface area (Å²) >= 11 is 0. The van der Waals surface area contributed by atoms with Gasteiger partial charge in [-0.15, -0.1) is 5.10 Å². The summed E-state index contributed by atoms with van der Waals surface area (Å²) in [7, 11) is 3.22. The van der Waals surface area contributed by atoms with E-state index in [1.807, 2.05) is 43.0 Å². The maximum atomic E-state index is 5.33. The molecule has 1 aliphatic heterocycles. The van der Waals surface area contributed by atoms with Gasteiger partial charge in [0.15, 0.2) is 17.3 Å². The van der Waals surface area contributed by atoms with Crippen molar-refractivity contribution >= 4 is 11.7 Å². The molecule has 1 aliphatic rings. The topological polar surface area (TPSA) is 75.6 Å². The summed E-state index contributed by atoms with van der Waals surface area (Å²) in [5.74, 6) is 2.59. The zero-order valence-electron chi connectivity index (χ0n) is 13.6. The fraction of sp³-hybridized carbons (Fsp3) is 0.312. The Morgan fingerprint density at radius 1 is 1.13 bits per heavy atom. The van der Waals surface area contributed by atoms with E-state index in [0.29, 0.717) is 29.9 Å². The first-order valence-electron chi connectivity index (χ1n) is 7.24. The van der Waals surface area contributed by atoms with Crippen LogP contribution in [0, 0.1) is 0 Å². The van der Waals surface area contributed by atoms with Gasteiger partial charge in [-0.05, 0) is 38.1 Å². The number of nitrogens with zero attached hydrogens (tertiary/aromatic N) is 4. The first-order valence-corrected chi connectivity index (χ1v) is 7.24. The minimum absolute atomic E-state index is 0.525. The molecule has 23 heavy (non-hydrogen) atoms. The van der Waals surface area contributed by atoms with Crippen molar-refractivity contribution in [1.82, 2.24) is 15.2 Å². The molecule has 7 heteroatoms. The van der Waals surface area contributed by atoms with Crippen molar-refractivity contribution < 1.29 is 9.47 Å². The molecule has 0 atom stereocenters. The normalized spacial score (nSPS) is 14.3. The lowest BCUT2D eigenvalue weighted by Crippen LogP contribution is -2.26. The van der Waals surface area contributed by atoms with E-state index in [-0.39, 0.29) is 0 Å². The van der Waals surface area contributed by atoms with E-state index < -0.39 is 0 Å². The second kappa shape index (κ2) is 6.12. The quantitative estimate of drug-likeness (QED) is 0.939. The molecule has 0 aliphatic carbocycles. The third kappa shape index (κ3) is 2.90. The monoisotopic (exact) mass is 313 g/mol. The Morgan fingerprint density at radius 3 is 2.61 bits per heavy atom. The molecule has 0 saturated heterocycles. The van der Waals surface area contributed by atoms with Crippen LogP contribution in [0.4, 0.5) is 5.95 Å². The van der Waals surface area contributed by atoms with Crippen LogP contribution in [0.2, 0.25) is 0 Å². The van der Waals surface area contributed by atoms with Gasteiger partial charge in [-0.25, -0.2) is 0 Å². The van der Waals surface area contributed by atoms with E-state index in [1.54, 1.807) is 14.2 Å². The highest BCUT2D eigenvalue weighted by Gasteiger charge is 2.17. The van der Waals surface area contributed by atoms with Crippen molar-refractivity contribution in [3.05, 3.63) is 30.0 Å². The second-order valence-corrected chi connectivity index (χ2v) is 5.21. The van der Waals surface area contributed by atoms with E-state index >= 15 is 0 Å². The lowest BCUT2D eigenvalue weighted by atomic mass is 10.2. The van der Waals surface area contributed by atoms with Gasteiger partial charge in [0.2, 0.25) is 0 Å². The lowest BCUT2D eigenvalue weighted by molar-refractivity contribution is 0.355. The number of aliphatic imine (C=N–C) groups is 1. The molecule has 0 bridgehead atoms. The summed E-state index contributed by atoms with van der Waals surface area (Å²) in [6.07, 6.45) is 2.01. The number of aromatic nitrogens is 3. The van der Waals surface area contributed by atoms with Crippen LogP contribution in [0.25, 0.3) is 11.4 Å². The number of H-pyrrole nitrogens is 1. The van der Waals surface area contributed by atoms with Gasteiger partial charge < -0.3 is 9.47 Å². The average Bonchev–Trinajstić information content (AvgIpc) is 3.03. The van der Waals surface area contributed by atoms with Crippen molar-refractivity contribution in [3.63, 3.8) is 0 Å². The standard InChI is InChI=1S/C16H19N5O2/c1-10-7-11(2)21(9-17-10)16-18-15(19-20-16)12-5-6-13(22-3)14(8-12)23-4/h5-8H,9H2,1-4H3,(H,18,19,20). The molecule has 3 rings (SSSR count). The van der Waals surface area contributed by atoms with Gasteiger partial charge in [0.1, 0.15) is 6.67 Å². The third-order valence-electron chi connectivity index (χ3n) is 3.68. The molecule has 0 saturated carbocycles. The molecule has 2 heterocycles. The van der Waals surface area contributed by atoms with Crippen molar-refractivity contribution in [2.75, 3.05) is 25.8 Å². The van der Waals surface area contributed by atoms with E-state index in [0.717, 1.165) is 17.0 Å². The van der Waals surface area contributed by atoms with Crippen LogP contribution in [0.1, 0.15) is 13.8 Å². The van der Waals surface area contributed by atoms with Gasteiger partial charge in [-0.1, -0.05) is 0 Å². The van der Waals surface area contributed by atoms with Crippen molar-refractivity contribution in [3.8, 4) is 22.9 Å². The summed E-state index contributed by atoms with van der Waals surface area (Å²) in [5.41, 5.74) is 2.95. The fourth-order valence-corrected chi connectivity index (χ4v) is 2.43. The van der Waals surface area contributed by atoms with Crippen molar-refractivity contribution in [2.24, 2.45) is 4.99 Å². The summed E-state index contributed by atoms with van der Waals surface area (Å²) < 4.78 is 10.6. The molecule has 0 fully saturated rings. The largest absolute Gasteiger partial charge is 0.493 e. The van der Waals surface area contributed by atoms with Crippen LogP contribution in [0.5, 0.6) is 11.5 Å². The lowest BCUT2D eigenvalue weighted by Gasteiger charge is -2.22.